The number of non-ortho nitro benzene ring substituents is 1. The van der Waals surface area contributed by atoms with Crippen molar-refractivity contribution in [1.82, 2.24) is 0 Å². The molecule has 0 atom stereocenters. The zero-order chi connectivity index (χ0) is 16.1. The highest BCUT2D eigenvalue weighted by Gasteiger charge is 2.16. The fraction of sp³-hybridized carbons (Fsp3) is 0. The van der Waals surface area contributed by atoms with E-state index in [-0.39, 0.29) is 22.5 Å². The fourth-order valence-electron chi connectivity index (χ4n) is 1.93. The molecule has 0 spiro atoms. The van der Waals surface area contributed by atoms with Gasteiger partial charge in [-0.1, -0.05) is 24.3 Å². The van der Waals surface area contributed by atoms with Crippen molar-refractivity contribution < 1.29 is 9.85 Å². The molecular weight excluding hydrogens is 286 g/mol. The number of allylic oxidation sites excluding steroid dienone is 1. The van der Waals surface area contributed by atoms with Gasteiger partial charge in [0.15, 0.2) is 0 Å². The van der Waals surface area contributed by atoms with Gasteiger partial charge in [-0.3, -0.25) is 20.2 Å². The first-order valence-electron chi connectivity index (χ1n) is 6.13. The molecule has 0 radical (unpaired) electrons. The molecule has 0 aliphatic carbocycles. The molecule has 0 fully saturated rings. The molecule has 2 aromatic carbocycles. The number of nitro benzene ring substituents is 2. The van der Waals surface area contributed by atoms with Gasteiger partial charge in [-0.15, -0.1) is 0 Å². The first kappa shape index (κ1) is 14.9. The largest absolute Gasteiger partial charge is 0.277 e. The summed E-state index contributed by atoms with van der Waals surface area (Å²) >= 11 is 0. The first-order chi connectivity index (χ1) is 10.5. The van der Waals surface area contributed by atoms with E-state index in [1.54, 1.807) is 12.1 Å². The quantitative estimate of drug-likeness (QED) is 0.370. The molecule has 0 aliphatic heterocycles. The Kier molecular flexibility index (Phi) is 4.24. The van der Waals surface area contributed by atoms with Crippen molar-refractivity contribution in [2.45, 2.75) is 0 Å². The zero-order valence-electron chi connectivity index (χ0n) is 11.2. The van der Waals surface area contributed by atoms with Crippen LogP contribution in [0.15, 0.2) is 48.5 Å². The van der Waals surface area contributed by atoms with Crippen molar-refractivity contribution in [3.05, 3.63) is 79.9 Å². The van der Waals surface area contributed by atoms with E-state index in [4.69, 9.17) is 0 Å². The third-order valence-corrected chi connectivity index (χ3v) is 2.90. The summed E-state index contributed by atoms with van der Waals surface area (Å²) in [5.74, 6) is 0. The van der Waals surface area contributed by atoms with Gasteiger partial charge < -0.3 is 0 Å². The number of nitrogens with zero attached hydrogens (tertiary/aromatic N) is 3. The predicted molar refractivity (Wildman–Crippen MR) is 79.7 cm³/mol. The van der Waals surface area contributed by atoms with Crippen LogP contribution in [-0.4, -0.2) is 9.85 Å². The van der Waals surface area contributed by atoms with Gasteiger partial charge >= 0.3 is 0 Å². The molecule has 0 aliphatic rings. The maximum absolute atomic E-state index is 11.0. The molecule has 0 amide bonds. The number of hydrogen-bond donors (Lipinski definition) is 0. The third-order valence-electron chi connectivity index (χ3n) is 2.90. The molecule has 7 nitrogen and oxygen atoms in total. The molecule has 2 aromatic rings. The summed E-state index contributed by atoms with van der Waals surface area (Å²) in [6.07, 6.45) is 1.38. The van der Waals surface area contributed by atoms with E-state index in [1.807, 2.05) is 6.07 Å². The van der Waals surface area contributed by atoms with Crippen molar-refractivity contribution in [2.75, 3.05) is 0 Å². The van der Waals surface area contributed by atoms with Crippen molar-refractivity contribution >= 4 is 23.0 Å². The molecule has 2 rings (SSSR count). The van der Waals surface area contributed by atoms with Crippen molar-refractivity contribution in [3.63, 3.8) is 0 Å². The maximum Gasteiger partial charge on any atom is 0.277 e. The van der Waals surface area contributed by atoms with Crippen LogP contribution in [0, 0.1) is 31.6 Å². The van der Waals surface area contributed by atoms with Gasteiger partial charge in [0.05, 0.1) is 21.0 Å². The summed E-state index contributed by atoms with van der Waals surface area (Å²) in [4.78, 5) is 20.6. The summed E-state index contributed by atoms with van der Waals surface area (Å²) in [5.41, 5.74) is 0.340. The van der Waals surface area contributed by atoms with Crippen LogP contribution in [0.5, 0.6) is 0 Å². The Morgan fingerprint density at radius 1 is 1.05 bits per heavy atom. The molecule has 0 bridgehead atoms. The van der Waals surface area contributed by atoms with Crippen LogP contribution in [0.1, 0.15) is 11.1 Å². The lowest BCUT2D eigenvalue weighted by Gasteiger charge is -2.01. The molecule has 0 unspecified atom stereocenters. The number of nitriles is 1. The molecule has 0 saturated carbocycles. The summed E-state index contributed by atoms with van der Waals surface area (Å²) in [7, 11) is 0. The summed E-state index contributed by atoms with van der Waals surface area (Å²) < 4.78 is 0. The minimum Gasteiger partial charge on any atom is -0.258 e. The Morgan fingerprint density at radius 2 is 1.77 bits per heavy atom. The van der Waals surface area contributed by atoms with E-state index in [9.17, 15) is 25.5 Å². The van der Waals surface area contributed by atoms with Crippen LogP contribution < -0.4 is 0 Å². The van der Waals surface area contributed by atoms with E-state index in [0.717, 1.165) is 0 Å². The van der Waals surface area contributed by atoms with Crippen LogP contribution in [0.2, 0.25) is 0 Å². The fourth-order valence-corrected chi connectivity index (χ4v) is 1.93. The van der Waals surface area contributed by atoms with Gasteiger partial charge in [-0.2, -0.15) is 5.26 Å². The number of benzene rings is 2. The number of para-hydroxylation sites is 1. The molecular formula is C15H9N3O4. The topological polar surface area (TPSA) is 110 Å². The molecule has 22 heavy (non-hydrogen) atoms. The smallest absolute Gasteiger partial charge is 0.258 e. The molecule has 0 N–H and O–H groups in total. The Labute approximate surface area is 125 Å². The highest BCUT2D eigenvalue weighted by Crippen LogP contribution is 2.27. The summed E-state index contributed by atoms with van der Waals surface area (Å²) in [5, 5.41) is 31.0. The monoisotopic (exact) mass is 295 g/mol. The minimum atomic E-state index is -0.575. The van der Waals surface area contributed by atoms with E-state index < -0.39 is 9.85 Å². The van der Waals surface area contributed by atoms with Gasteiger partial charge in [0.2, 0.25) is 0 Å². The Morgan fingerprint density at radius 3 is 2.41 bits per heavy atom. The van der Waals surface area contributed by atoms with Gasteiger partial charge in [0.25, 0.3) is 11.4 Å². The van der Waals surface area contributed by atoms with Gasteiger partial charge in [-0.25, -0.2) is 0 Å². The molecule has 0 aromatic heterocycles. The van der Waals surface area contributed by atoms with Gasteiger partial charge in [0.1, 0.15) is 6.07 Å². The molecule has 0 heterocycles. The van der Waals surface area contributed by atoms with Crippen LogP contribution in [0.25, 0.3) is 11.6 Å². The average Bonchev–Trinajstić information content (AvgIpc) is 2.52. The van der Waals surface area contributed by atoms with E-state index in [0.29, 0.717) is 5.56 Å². The molecule has 108 valence electrons. The Bertz CT molecular complexity index is 822. The average molecular weight is 295 g/mol. The predicted octanol–water partition coefficient (Wildman–Crippen LogP) is 3.57. The van der Waals surface area contributed by atoms with E-state index in [2.05, 4.69) is 0 Å². The lowest BCUT2D eigenvalue weighted by atomic mass is 10.0. The molecule has 0 saturated heterocycles. The third kappa shape index (κ3) is 3.13. The lowest BCUT2D eigenvalue weighted by molar-refractivity contribution is -0.385. The minimum absolute atomic E-state index is 0.0628. The van der Waals surface area contributed by atoms with Crippen molar-refractivity contribution in [1.29, 1.82) is 5.26 Å². The summed E-state index contributed by atoms with van der Waals surface area (Å²) in [6, 6.07) is 13.4. The lowest BCUT2D eigenvalue weighted by Crippen LogP contribution is -1.94. The number of rotatable bonds is 4. The second kappa shape index (κ2) is 6.28. The second-order valence-corrected chi connectivity index (χ2v) is 4.30. The van der Waals surface area contributed by atoms with Crippen LogP contribution in [0.3, 0.4) is 0 Å². The SMILES string of the molecule is N#C/C(=C\c1cccc([N+](=O)[O-])c1)c1ccccc1[N+](=O)[O-]. The van der Waals surface area contributed by atoms with E-state index >= 15 is 0 Å². The standard InChI is InChI=1S/C15H9N3O4/c16-10-12(14-6-1-2-7-15(14)18(21)22)8-11-4-3-5-13(9-11)17(19)20/h1-9H/b12-8+. The van der Waals surface area contributed by atoms with Gasteiger partial charge in [0, 0.05) is 18.2 Å². The van der Waals surface area contributed by atoms with Gasteiger partial charge in [-0.05, 0) is 17.7 Å². The first-order valence-corrected chi connectivity index (χ1v) is 6.13. The van der Waals surface area contributed by atoms with Crippen LogP contribution in [-0.2, 0) is 0 Å². The highest BCUT2D eigenvalue weighted by atomic mass is 16.6. The second-order valence-electron chi connectivity index (χ2n) is 4.30. The molecule has 7 heteroatoms. The number of hydrogen-bond acceptors (Lipinski definition) is 5. The van der Waals surface area contributed by atoms with Crippen LogP contribution >= 0.6 is 0 Å². The Balaban J connectivity index is 2.54. The highest BCUT2D eigenvalue weighted by molar-refractivity contribution is 5.92. The Hall–Kier alpha value is -3.53. The van der Waals surface area contributed by atoms with Crippen molar-refractivity contribution in [2.24, 2.45) is 0 Å². The van der Waals surface area contributed by atoms with E-state index in [1.165, 1.54) is 42.5 Å². The number of nitro groups is 2. The van der Waals surface area contributed by atoms with Crippen LogP contribution in [0.4, 0.5) is 11.4 Å². The normalized spacial score (nSPS) is 10.8. The maximum atomic E-state index is 11.0. The summed E-state index contributed by atoms with van der Waals surface area (Å²) in [6.45, 7) is 0. The zero-order valence-corrected chi connectivity index (χ0v) is 11.2. The van der Waals surface area contributed by atoms with Crippen molar-refractivity contribution in [3.8, 4) is 6.07 Å².